The van der Waals surface area contributed by atoms with Gasteiger partial charge in [0.15, 0.2) is 0 Å². The van der Waals surface area contributed by atoms with Crippen LogP contribution in [0.1, 0.15) is 0 Å². The van der Waals surface area contributed by atoms with E-state index in [2.05, 4.69) is 9.97 Å². The molecule has 0 spiro atoms. The summed E-state index contributed by atoms with van der Waals surface area (Å²) in [6, 6.07) is 11.8. The lowest BCUT2D eigenvalue weighted by atomic mass is 10.1. The summed E-state index contributed by atoms with van der Waals surface area (Å²) in [6.45, 7) is 0. The fraction of sp³-hybridized carbons (Fsp3) is 0. The van der Waals surface area contributed by atoms with Crippen LogP contribution in [0.4, 0.5) is 0 Å². The standard InChI is InChI=1S/C10H8O3S.C3H4N2/c11-14(12,13)10-7-3-5-8-4-1-2-6-9(8)10;1-2-5-3-4-1/h1-7H,(H,11,12,13);1-3H,(H,4,5). The van der Waals surface area contributed by atoms with Crippen molar-refractivity contribution in [3.8, 4) is 0 Å². The van der Waals surface area contributed by atoms with Crippen LogP contribution >= 0.6 is 0 Å². The molecule has 1 heterocycles. The summed E-state index contributed by atoms with van der Waals surface area (Å²) in [5.74, 6) is 0. The number of H-pyrrole nitrogens is 1. The third-order valence-corrected chi connectivity index (χ3v) is 3.35. The molecule has 0 atom stereocenters. The highest BCUT2D eigenvalue weighted by Gasteiger charge is 2.12. The maximum absolute atomic E-state index is 11.0. The molecule has 3 rings (SSSR count). The van der Waals surface area contributed by atoms with Crippen molar-refractivity contribution in [3.05, 3.63) is 61.2 Å². The van der Waals surface area contributed by atoms with Crippen molar-refractivity contribution in [1.29, 1.82) is 0 Å². The lowest BCUT2D eigenvalue weighted by molar-refractivity contribution is 0.484. The Morgan fingerprint density at radius 2 is 1.79 bits per heavy atom. The Bertz CT molecular complexity index is 730. The van der Waals surface area contributed by atoms with Gasteiger partial charge in [0, 0.05) is 17.8 Å². The highest BCUT2D eigenvalue weighted by Crippen LogP contribution is 2.21. The Balaban J connectivity index is 0.000000224. The van der Waals surface area contributed by atoms with Crippen LogP contribution in [0.25, 0.3) is 10.8 Å². The number of rotatable bonds is 1. The zero-order valence-electron chi connectivity index (χ0n) is 9.89. The number of aromatic amines is 1. The molecular formula is C13H12N2O3S. The zero-order valence-corrected chi connectivity index (χ0v) is 10.7. The number of nitrogens with one attached hydrogen (secondary N) is 1. The molecule has 3 aromatic rings. The Labute approximate surface area is 110 Å². The maximum Gasteiger partial charge on any atom is 0.295 e. The van der Waals surface area contributed by atoms with Gasteiger partial charge in [-0.2, -0.15) is 8.42 Å². The predicted octanol–water partition coefficient (Wildman–Crippen LogP) is 2.50. The van der Waals surface area contributed by atoms with Crippen LogP contribution in [0.3, 0.4) is 0 Å². The van der Waals surface area contributed by atoms with Gasteiger partial charge in [0.25, 0.3) is 10.1 Å². The van der Waals surface area contributed by atoms with E-state index in [0.717, 1.165) is 5.39 Å². The Kier molecular flexibility index (Phi) is 3.94. The van der Waals surface area contributed by atoms with Gasteiger partial charge in [-0.25, -0.2) is 4.98 Å². The van der Waals surface area contributed by atoms with Crippen molar-refractivity contribution in [2.75, 3.05) is 0 Å². The van der Waals surface area contributed by atoms with Crippen LogP contribution in [0.2, 0.25) is 0 Å². The van der Waals surface area contributed by atoms with Crippen molar-refractivity contribution in [1.82, 2.24) is 9.97 Å². The summed E-state index contributed by atoms with van der Waals surface area (Å²) >= 11 is 0. The van der Waals surface area contributed by atoms with E-state index in [1.165, 1.54) is 6.07 Å². The largest absolute Gasteiger partial charge is 0.351 e. The van der Waals surface area contributed by atoms with E-state index in [0.29, 0.717) is 5.39 Å². The topological polar surface area (TPSA) is 83.0 Å². The van der Waals surface area contributed by atoms with Crippen LogP contribution in [-0.4, -0.2) is 22.9 Å². The average molecular weight is 276 g/mol. The highest BCUT2D eigenvalue weighted by molar-refractivity contribution is 7.86. The fourth-order valence-corrected chi connectivity index (χ4v) is 2.35. The third-order valence-electron chi connectivity index (χ3n) is 2.43. The number of hydrogen-bond donors (Lipinski definition) is 2. The summed E-state index contributed by atoms with van der Waals surface area (Å²) in [5.41, 5.74) is 0. The molecule has 2 N–H and O–H groups in total. The molecular weight excluding hydrogens is 264 g/mol. The lowest BCUT2D eigenvalue weighted by Crippen LogP contribution is -1.98. The molecule has 0 aliphatic carbocycles. The van der Waals surface area contributed by atoms with E-state index < -0.39 is 10.1 Å². The summed E-state index contributed by atoms with van der Waals surface area (Å²) in [7, 11) is -4.13. The smallest absolute Gasteiger partial charge is 0.295 e. The Morgan fingerprint density at radius 1 is 1.05 bits per heavy atom. The molecule has 0 amide bonds. The molecule has 19 heavy (non-hydrogen) atoms. The van der Waals surface area contributed by atoms with Crippen molar-refractivity contribution >= 4 is 20.9 Å². The highest BCUT2D eigenvalue weighted by atomic mass is 32.2. The predicted molar refractivity (Wildman–Crippen MR) is 72.4 cm³/mol. The SMILES string of the molecule is O=S(=O)(O)c1cccc2ccccc12.c1c[nH]cn1. The molecule has 1 aromatic heterocycles. The number of fused-ring (bicyclic) bond motifs is 1. The second-order valence-corrected chi connectivity index (χ2v) is 5.10. The number of aromatic nitrogens is 2. The average Bonchev–Trinajstić information content (AvgIpc) is 2.96. The summed E-state index contributed by atoms with van der Waals surface area (Å²) in [4.78, 5) is 6.37. The molecule has 2 aromatic carbocycles. The molecule has 0 aliphatic heterocycles. The minimum Gasteiger partial charge on any atom is -0.351 e. The van der Waals surface area contributed by atoms with Gasteiger partial charge >= 0.3 is 0 Å². The van der Waals surface area contributed by atoms with Crippen LogP contribution in [0.15, 0.2) is 66.1 Å². The molecule has 0 aliphatic rings. The van der Waals surface area contributed by atoms with Gasteiger partial charge in [0.05, 0.1) is 6.33 Å². The molecule has 5 nitrogen and oxygen atoms in total. The molecule has 0 unspecified atom stereocenters. The normalized spacial score (nSPS) is 10.8. The molecule has 6 heteroatoms. The van der Waals surface area contributed by atoms with Crippen molar-refractivity contribution in [3.63, 3.8) is 0 Å². The van der Waals surface area contributed by atoms with Crippen molar-refractivity contribution < 1.29 is 13.0 Å². The van der Waals surface area contributed by atoms with E-state index in [1.807, 2.05) is 6.07 Å². The van der Waals surface area contributed by atoms with Gasteiger partial charge < -0.3 is 4.98 Å². The van der Waals surface area contributed by atoms with E-state index in [9.17, 15) is 8.42 Å². The zero-order chi connectivity index (χ0) is 13.7. The van der Waals surface area contributed by atoms with Gasteiger partial charge in [-0.1, -0.05) is 36.4 Å². The molecule has 0 fully saturated rings. The molecule has 98 valence electrons. The lowest BCUT2D eigenvalue weighted by Gasteiger charge is -2.02. The minimum atomic E-state index is -4.13. The first-order valence-corrected chi connectivity index (χ1v) is 6.91. The second-order valence-electron chi connectivity index (χ2n) is 3.71. The second kappa shape index (κ2) is 5.64. The third kappa shape index (κ3) is 3.40. The van der Waals surface area contributed by atoms with Crippen molar-refractivity contribution in [2.45, 2.75) is 4.90 Å². The monoisotopic (exact) mass is 276 g/mol. The molecule has 0 bridgehead atoms. The first kappa shape index (κ1) is 13.3. The van der Waals surface area contributed by atoms with Crippen LogP contribution in [-0.2, 0) is 10.1 Å². The number of imidazole rings is 1. The first-order valence-electron chi connectivity index (χ1n) is 5.47. The van der Waals surface area contributed by atoms with Crippen LogP contribution in [0, 0.1) is 0 Å². The Hall–Kier alpha value is -2.18. The number of benzene rings is 2. The molecule has 0 radical (unpaired) electrons. The van der Waals surface area contributed by atoms with E-state index >= 15 is 0 Å². The van der Waals surface area contributed by atoms with Gasteiger partial charge in [0.2, 0.25) is 0 Å². The Morgan fingerprint density at radius 3 is 2.37 bits per heavy atom. The summed E-state index contributed by atoms with van der Waals surface area (Å²) in [5, 5.41) is 1.33. The number of hydrogen-bond acceptors (Lipinski definition) is 3. The first-order chi connectivity index (χ1) is 9.09. The maximum atomic E-state index is 11.0. The van der Waals surface area contributed by atoms with E-state index in [4.69, 9.17) is 4.55 Å². The van der Waals surface area contributed by atoms with Gasteiger partial charge in [-0.3, -0.25) is 4.55 Å². The van der Waals surface area contributed by atoms with E-state index in [1.54, 1.807) is 49.1 Å². The summed E-state index contributed by atoms with van der Waals surface area (Å²) in [6.07, 6.45) is 5.08. The number of nitrogens with zero attached hydrogens (tertiary/aromatic N) is 1. The van der Waals surface area contributed by atoms with Crippen molar-refractivity contribution in [2.24, 2.45) is 0 Å². The minimum absolute atomic E-state index is 0.0457. The van der Waals surface area contributed by atoms with Crippen LogP contribution < -0.4 is 0 Å². The quantitative estimate of drug-likeness (QED) is 0.669. The van der Waals surface area contributed by atoms with Gasteiger partial charge in [-0.05, 0) is 11.5 Å². The summed E-state index contributed by atoms with van der Waals surface area (Å²) < 4.78 is 31.0. The molecule has 0 saturated carbocycles. The fourth-order valence-electron chi connectivity index (χ4n) is 1.64. The van der Waals surface area contributed by atoms with Crippen LogP contribution in [0.5, 0.6) is 0 Å². The molecule has 0 saturated heterocycles. The van der Waals surface area contributed by atoms with E-state index in [-0.39, 0.29) is 4.90 Å². The van der Waals surface area contributed by atoms with Gasteiger partial charge in [-0.15, -0.1) is 0 Å². The van der Waals surface area contributed by atoms with Gasteiger partial charge in [0.1, 0.15) is 4.90 Å².